The second kappa shape index (κ2) is 17.5. The molecule has 2 aliphatic heterocycles. The lowest BCUT2D eigenvalue weighted by Crippen LogP contribution is -2.19. The first-order valence-corrected chi connectivity index (χ1v) is 21.0. The molecule has 0 radical (unpaired) electrons. The molecule has 340 valence electrons. The maximum absolute atomic E-state index is 13.1. The van der Waals surface area contributed by atoms with Crippen molar-refractivity contribution in [2.45, 2.75) is 76.8 Å². The number of rotatable bonds is 8. The summed E-state index contributed by atoms with van der Waals surface area (Å²) in [5.74, 6) is 3.11. The molecule has 2 atom stereocenters. The van der Waals surface area contributed by atoms with Gasteiger partial charge in [-0.25, -0.2) is 39.3 Å². The number of aryl methyl sites for hydroxylation is 4. The highest BCUT2D eigenvalue weighted by Crippen LogP contribution is 2.37. The second-order valence-electron chi connectivity index (χ2n) is 16.1. The van der Waals surface area contributed by atoms with Crippen molar-refractivity contribution in [1.82, 2.24) is 58.6 Å². The van der Waals surface area contributed by atoms with Crippen molar-refractivity contribution in [3.63, 3.8) is 0 Å². The Morgan fingerprint density at radius 2 is 0.985 bits per heavy atom. The fraction of sp³-hybridized carbons (Fsp3) is 0.304. The number of hydrogen-bond acceptors (Lipinski definition) is 10. The lowest BCUT2D eigenvalue weighted by Gasteiger charge is -2.23. The van der Waals surface area contributed by atoms with Gasteiger partial charge in [-0.3, -0.25) is 0 Å². The van der Waals surface area contributed by atoms with Gasteiger partial charge in [-0.15, -0.1) is 10.2 Å². The van der Waals surface area contributed by atoms with Crippen LogP contribution in [0.3, 0.4) is 0 Å². The molecule has 8 aromatic rings. The third kappa shape index (κ3) is 9.12. The minimum Gasteiger partial charge on any atom is -0.479 e. The fourth-order valence-electron chi connectivity index (χ4n) is 8.25. The zero-order valence-electron chi connectivity index (χ0n) is 36.1. The van der Waals surface area contributed by atoms with E-state index in [9.17, 15) is 26.3 Å². The molecule has 6 aromatic heterocycles. The summed E-state index contributed by atoms with van der Waals surface area (Å²) in [5.41, 5.74) is 4.44. The Kier molecular flexibility index (Phi) is 11.7. The van der Waals surface area contributed by atoms with Crippen molar-refractivity contribution in [2.24, 2.45) is 0 Å². The molecule has 0 fully saturated rings. The molecule has 66 heavy (non-hydrogen) atoms. The van der Waals surface area contributed by atoms with Gasteiger partial charge in [-0.05, 0) is 86.1 Å². The SMILES string of the molecule is COc1nc(-c2nc3n(n2)CC[C@@H](c2cccc(C(F)(F)F)c2)C3)ccc1-n1cnc(C)c1.COc1nc(-c2nc3n(n2)CC[C@H](c2cccc(C(F)(F)F)c2)C3)ccc1-n1cnc(C)c1. The van der Waals surface area contributed by atoms with E-state index in [1.165, 1.54) is 24.3 Å². The molecule has 14 nitrogen and oxygen atoms in total. The first-order chi connectivity index (χ1) is 31.6. The Morgan fingerprint density at radius 3 is 1.35 bits per heavy atom. The molecule has 0 amide bonds. The highest BCUT2D eigenvalue weighted by Gasteiger charge is 2.33. The number of imidazole rings is 2. The van der Waals surface area contributed by atoms with Gasteiger partial charge in [0.2, 0.25) is 11.8 Å². The van der Waals surface area contributed by atoms with Gasteiger partial charge in [0, 0.05) is 38.3 Å². The van der Waals surface area contributed by atoms with Gasteiger partial charge >= 0.3 is 12.4 Å². The van der Waals surface area contributed by atoms with Crippen molar-refractivity contribution in [3.05, 3.63) is 143 Å². The topological polar surface area (TPSA) is 141 Å². The number of methoxy groups -OCH3 is 2. The monoisotopic (exact) mass is 908 g/mol. The van der Waals surface area contributed by atoms with Crippen molar-refractivity contribution in [2.75, 3.05) is 14.2 Å². The van der Waals surface area contributed by atoms with E-state index in [1.54, 1.807) is 48.4 Å². The van der Waals surface area contributed by atoms with Gasteiger partial charge in [-0.2, -0.15) is 26.3 Å². The average Bonchev–Trinajstić information content (AvgIpc) is 4.15. The zero-order chi connectivity index (χ0) is 46.3. The normalized spacial score (nSPS) is 16.0. The first-order valence-electron chi connectivity index (χ1n) is 21.0. The molecule has 0 unspecified atom stereocenters. The minimum absolute atomic E-state index is 0.0498. The molecule has 0 aliphatic carbocycles. The third-order valence-corrected chi connectivity index (χ3v) is 11.6. The lowest BCUT2D eigenvalue weighted by atomic mass is 9.89. The molecule has 0 N–H and O–H groups in total. The standard InChI is InChI=1S/2C23H21F3N6O/c2*1-14-12-31(13-27-14)19-7-6-18(28-22(19)33-2)21-29-20-11-16(8-9-32(20)30-21)15-4-3-5-17(10-15)23(24,25)26/h2*3-7,10,12-13,16H,8-9,11H2,1-2H3/t2*16-/m10/s1. The zero-order valence-corrected chi connectivity index (χ0v) is 36.1. The Labute approximate surface area is 374 Å². The van der Waals surface area contributed by atoms with E-state index in [-0.39, 0.29) is 11.8 Å². The molecule has 0 bridgehead atoms. The van der Waals surface area contributed by atoms with Gasteiger partial charge in [0.1, 0.15) is 34.4 Å². The van der Waals surface area contributed by atoms with Crippen LogP contribution in [0.25, 0.3) is 34.4 Å². The molecule has 10 rings (SSSR count). The number of alkyl halides is 6. The predicted molar refractivity (Wildman–Crippen MR) is 228 cm³/mol. The Bertz CT molecular complexity index is 2820. The maximum Gasteiger partial charge on any atom is 0.416 e. The number of ether oxygens (including phenoxy) is 2. The largest absolute Gasteiger partial charge is 0.479 e. The van der Waals surface area contributed by atoms with Crippen LogP contribution in [-0.2, 0) is 38.3 Å². The summed E-state index contributed by atoms with van der Waals surface area (Å²) in [7, 11) is 3.09. The van der Waals surface area contributed by atoms with E-state index in [2.05, 4.69) is 40.1 Å². The Morgan fingerprint density at radius 1 is 0.561 bits per heavy atom. The molecule has 2 aliphatic rings. The molecule has 20 heteroatoms. The molecular formula is C46H42F6N12O2. The number of nitrogens with zero attached hydrogens (tertiary/aromatic N) is 12. The van der Waals surface area contributed by atoms with E-state index >= 15 is 0 Å². The molecule has 0 spiro atoms. The number of hydrogen-bond donors (Lipinski definition) is 0. The summed E-state index contributed by atoms with van der Waals surface area (Å²) in [6.07, 6.45) is 0.817. The summed E-state index contributed by atoms with van der Waals surface area (Å²) >= 11 is 0. The summed E-state index contributed by atoms with van der Waals surface area (Å²) < 4.78 is 96.9. The fourth-order valence-corrected chi connectivity index (χ4v) is 8.25. The number of fused-ring (bicyclic) bond motifs is 2. The van der Waals surface area contributed by atoms with E-state index < -0.39 is 23.5 Å². The lowest BCUT2D eigenvalue weighted by molar-refractivity contribution is -0.138. The number of halogens is 6. The van der Waals surface area contributed by atoms with Crippen molar-refractivity contribution >= 4 is 0 Å². The summed E-state index contributed by atoms with van der Waals surface area (Å²) in [4.78, 5) is 26.9. The van der Waals surface area contributed by atoms with Crippen molar-refractivity contribution < 1.29 is 35.8 Å². The first kappa shape index (κ1) is 43.9. The van der Waals surface area contributed by atoms with E-state index in [0.29, 0.717) is 84.7 Å². The summed E-state index contributed by atoms with van der Waals surface area (Å²) in [6, 6.07) is 18.5. The predicted octanol–water partition coefficient (Wildman–Crippen LogP) is 9.18. The maximum atomic E-state index is 13.1. The van der Waals surface area contributed by atoms with Crippen LogP contribution in [0.5, 0.6) is 11.8 Å². The molecule has 2 aromatic carbocycles. The van der Waals surface area contributed by atoms with Crippen LogP contribution in [0.15, 0.2) is 97.8 Å². The van der Waals surface area contributed by atoms with Crippen molar-refractivity contribution in [3.8, 4) is 46.2 Å². The molecule has 0 saturated carbocycles. The van der Waals surface area contributed by atoms with Gasteiger partial charge in [-0.1, -0.05) is 36.4 Å². The van der Waals surface area contributed by atoms with Crippen LogP contribution in [0.2, 0.25) is 0 Å². The van der Waals surface area contributed by atoms with Gasteiger partial charge in [0.15, 0.2) is 11.6 Å². The van der Waals surface area contributed by atoms with Crippen LogP contribution in [0.4, 0.5) is 26.3 Å². The quantitative estimate of drug-likeness (QED) is 0.136. The average molecular weight is 909 g/mol. The van der Waals surface area contributed by atoms with Crippen LogP contribution in [0.1, 0.15) is 70.0 Å². The minimum atomic E-state index is -4.36. The summed E-state index contributed by atoms with van der Waals surface area (Å²) in [5, 5.41) is 9.15. The van der Waals surface area contributed by atoms with Gasteiger partial charge in [0.25, 0.3) is 0 Å². The smallest absolute Gasteiger partial charge is 0.416 e. The second-order valence-corrected chi connectivity index (χ2v) is 16.1. The summed E-state index contributed by atoms with van der Waals surface area (Å²) in [6.45, 7) is 4.95. The van der Waals surface area contributed by atoms with E-state index in [4.69, 9.17) is 9.47 Å². The van der Waals surface area contributed by atoms with E-state index in [0.717, 1.165) is 46.5 Å². The Hall–Kier alpha value is -7.38. The van der Waals surface area contributed by atoms with Crippen LogP contribution in [-0.4, -0.2) is 72.8 Å². The Balaban J connectivity index is 0.000000166. The molecular weight excluding hydrogens is 867 g/mol. The number of aromatic nitrogens is 12. The van der Waals surface area contributed by atoms with Crippen LogP contribution in [0, 0.1) is 13.8 Å². The number of pyridine rings is 2. The van der Waals surface area contributed by atoms with Crippen molar-refractivity contribution in [1.29, 1.82) is 0 Å². The van der Waals surface area contributed by atoms with Gasteiger partial charge in [0.05, 0.1) is 49.4 Å². The highest BCUT2D eigenvalue weighted by atomic mass is 19.4. The third-order valence-electron chi connectivity index (χ3n) is 11.6. The van der Waals surface area contributed by atoms with Gasteiger partial charge < -0.3 is 18.6 Å². The molecule has 8 heterocycles. The molecule has 0 saturated heterocycles. The number of benzene rings is 2. The highest BCUT2D eigenvalue weighted by molar-refractivity contribution is 5.56. The van der Waals surface area contributed by atoms with Crippen LogP contribution >= 0.6 is 0 Å². The van der Waals surface area contributed by atoms with E-state index in [1.807, 2.05) is 59.6 Å². The van der Waals surface area contributed by atoms with Crippen LogP contribution < -0.4 is 9.47 Å².